The Morgan fingerprint density at radius 1 is 1.17 bits per heavy atom. The number of allylic oxidation sites excluding steroid dienone is 1. The van der Waals surface area contributed by atoms with Gasteiger partial charge >= 0.3 is 0 Å². The number of fused-ring (bicyclic) bond motifs is 2. The van der Waals surface area contributed by atoms with Crippen molar-refractivity contribution in [2.45, 2.75) is 25.0 Å². The van der Waals surface area contributed by atoms with E-state index in [0.717, 1.165) is 41.6 Å². The molecule has 0 radical (unpaired) electrons. The molecule has 2 aliphatic rings. The number of nitrogens with zero attached hydrogens (tertiary/aromatic N) is 1. The Kier molecular flexibility index (Phi) is 5.00. The van der Waals surface area contributed by atoms with Gasteiger partial charge in [-0.3, -0.25) is 0 Å². The predicted molar refractivity (Wildman–Crippen MR) is 117 cm³/mol. The molecule has 2 aromatic carbocycles. The van der Waals surface area contributed by atoms with E-state index in [1.807, 2.05) is 18.2 Å². The number of ether oxygens (including phenoxy) is 2. The molecule has 0 saturated carbocycles. The Bertz CT molecular complexity index is 1100. The molecule has 29 heavy (non-hydrogen) atoms. The minimum atomic E-state index is 0.287. The van der Waals surface area contributed by atoms with Crippen LogP contribution in [-0.4, -0.2) is 37.4 Å². The number of nitrogens with one attached hydrogen (secondary N) is 1. The number of pyridine rings is 1. The zero-order chi connectivity index (χ0) is 19.8. The summed E-state index contributed by atoms with van der Waals surface area (Å²) in [5.74, 6) is 0.895. The van der Waals surface area contributed by atoms with Crippen LogP contribution >= 0.6 is 11.6 Å². The van der Waals surface area contributed by atoms with Gasteiger partial charge in [-0.2, -0.15) is 0 Å². The molecule has 148 valence electrons. The van der Waals surface area contributed by atoms with E-state index in [2.05, 4.69) is 46.7 Å². The van der Waals surface area contributed by atoms with E-state index in [1.54, 1.807) is 7.11 Å². The number of aromatic nitrogens is 1. The molecular weight excluding hydrogens is 384 g/mol. The van der Waals surface area contributed by atoms with Crippen LogP contribution in [0.4, 0.5) is 0 Å². The van der Waals surface area contributed by atoms with Gasteiger partial charge in [0.1, 0.15) is 17.5 Å². The standard InChI is InChI=1S/C24H23ClN2O2/c1-28-21-12-19(26-13-21)14-29-20-7-6-15-8-18(9-17(15)10-20)22-11-16-4-2-3-5-23(16)27-24(22)25/h2-7,9-11,19,21,26H,8,12-14H2,1H3. The van der Waals surface area contributed by atoms with Crippen LogP contribution in [0.25, 0.3) is 22.6 Å². The SMILES string of the molecule is COC1CNC(COc2ccc3c(c2)C=C(c2cc4ccccc4nc2Cl)C3)C1. The fourth-order valence-corrected chi connectivity index (χ4v) is 4.45. The van der Waals surface area contributed by atoms with Crippen molar-refractivity contribution in [1.82, 2.24) is 10.3 Å². The summed E-state index contributed by atoms with van der Waals surface area (Å²) in [6.45, 7) is 1.54. The largest absolute Gasteiger partial charge is 0.492 e. The van der Waals surface area contributed by atoms with Crippen LogP contribution in [0.15, 0.2) is 48.5 Å². The highest BCUT2D eigenvalue weighted by Gasteiger charge is 2.24. The first-order valence-electron chi connectivity index (χ1n) is 9.98. The molecule has 1 N–H and O–H groups in total. The first-order valence-corrected chi connectivity index (χ1v) is 10.4. The fraction of sp³-hybridized carbons (Fsp3) is 0.292. The minimum absolute atomic E-state index is 0.287. The van der Waals surface area contributed by atoms with Crippen molar-refractivity contribution >= 4 is 34.2 Å². The molecule has 1 aliphatic heterocycles. The lowest BCUT2D eigenvalue weighted by molar-refractivity contribution is 0.115. The zero-order valence-electron chi connectivity index (χ0n) is 16.3. The highest BCUT2D eigenvalue weighted by atomic mass is 35.5. The van der Waals surface area contributed by atoms with E-state index in [-0.39, 0.29) is 6.10 Å². The molecule has 0 amide bonds. The maximum absolute atomic E-state index is 6.51. The van der Waals surface area contributed by atoms with Crippen LogP contribution in [0.1, 0.15) is 23.1 Å². The maximum Gasteiger partial charge on any atom is 0.137 e. The van der Waals surface area contributed by atoms with Crippen molar-refractivity contribution in [2.75, 3.05) is 20.3 Å². The quantitative estimate of drug-likeness (QED) is 0.621. The van der Waals surface area contributed by atoms with Crippen molar-refractivity contribution in [2.24, 2.45) is 0 Å². The normalized spacial score (nSPS) is 20.7. The van der Waals surface area contributed by atoms with Crippen molar-refractivity contribution in [3.05, 3.63) is 70.4 Å². The number of hydrogen-bond donors (Lipinski definition) is 1. The van der Waals surface area contributed by atoms with E-state index < -0.39 is 0 Å². The Morgan fingerprint density at radius 2 is 2.07 bits per heavy atom. The predicted octanol–water partition coefficient (Wildman–Crippen LogP) is 4.74. The molecule has 1 saturated heterocycles. The van der Waals surface area contributed by atoms with Gasteiger partial charge < -0.3 is 14.8 Å². The lowest BCUT2D eigenvalue weighted by atomic mass is 10.0. The summed E-state index contributed by atoms with van der Waals surface area (Å²) < 4.78 is 11.4. The average Bonchev–Trinajstić information content (AvgIpc) is 3.38. The Hall–Kier alpha value is -2.40. The molecule has 2 atom stereocenters. The zero-order valence-corrected chi connectivity index (χ0v) is 17.1. The van der Waals surface area contributed by atoms with Crippen molar-refractivity contribution < 1.29 is 9.47 Å². The summed E-state index contributed by atoms with van der Waals surface area (Å²) in [5.41, 5.74) is 5.60. The van der Waals surface area contributed by atoms with Gasteiger partial charge in [0.25, 0.3) is 0 Å². The molecular formula is C24H23ClN2O2. The number of benzene rings is 2. The van der Waals surface area contributed by atoms with Gasteiger partial charge in [-0.15, -0.1) is 0 Å². The highest BCUT2D eigenvalue weighted by Crippen LogP contribution is 2.37. The second-order valence-electron chi connectivity index (χ2n) is 7.74. The average molecular weight is 407 g/mol. The highest BCUT2D eigenvalue weighted by molar-refractivity contribution is 6.32. The molecule has 4 nitrogen and oxygen atoms in total. The van der Waals surface area contributed by atoms with Crippen molar-refractivity contribution in [3.63, 3.8) is 0 Å². The molecule has 0 spiro atoms. The first-order chi connectivity index (χ1) is 14.2. The van der Waals surface area contributed by atoms with Gasteiger partial charge in [-0.1, -0.05) is 41.9 Å². The Balaban J connectivity index is 1.34. The van der Waals surface area contributed by atoms with Gasteiger partial charge in [-0.25, -0.2) is 4.98 Å². The summed E-state index contributed by atoms with van der Waals surface area (Å²) in [6, 6.07) is 16.9. The molecule has 1 aliphatic carbocycles. The fourth-order valence-electron chi connectivity index (χ4n) is 4.18. The molecule has 5 rings (SSSR count). The maximum atomic E-state index is 6.51. The van der Waals surface area contributed by atoms with Gasteiger partial charge in [0.05, 0.1) is 11.6 Å². The molecule has 2 heterocycles. The lowest BCUT2D eigenvalue weighted by Crippen LogP contribution is -2.28. The second-order valence-corrected chi connectivity index (χ2v) is 8.09. The molecule has 0 bridgehead atoms. The van der Waals surface area contributed by atoms with Crippen LogP contribution in [0, 0.1) is 0 Å². The number of halogens is 1. The molecule has 1 fully saturated rings. The second kappa shape index (κ2) is 7.79. The van der Waals surface area contributed by atoms with E-state index in [1.165, 1.54) is 16.7 Å². The van der Waals surface area contributed by atoms with E-state index in [4.69, 9.17) is 21.1 Å². The van der Waals surface area contributed by atoms with Gasteiger partial charge in [0.2, 0.25) is 0 Å². The molecule has 1 aromatic heterocycles. The summed E-state index contributed by atoms with van der Waals surface area (Å²) in [7, 11) is 1.76. The summed E-state index contributed by atoms with van der Waals surface area (Å²) >= 11 is 6.51. The van der Waals surface area contributed by atoms with Gasteiger partial charge in [0, 0.05) is 30.6 Å². The lowest BCUT2D eigenvalue weighted by Gasteiger charge is -2.13. The topological polar surface area (TPSA) is 43.4 Å². The Labute approximate surface area is 175 Å². The summed E-state index contributed by atoms with van der Waals surface area (Å²) in [4.78, 5) is 4.57. The van der Waals surface area contributed by atoms with Crippen LogP contribution in [0.5, 0.6) is 5.75 Å². The first kappa shape index (κ1) is 18.6. The number of para-hydroxylation sites is 1. The molecule has 2 unspecified atom stereocenters. The van der Waals surface area contributed by atoms with Crippen molar-refractivity contribution in [1.29, 1.82) is 0 Å². The van der Waals surface area contributed by atoms with Gasteiger partial charge in [-0.05, 0) is 53.8 Å². The van der Waals surface area contributed by atoms with E-state index in [0.29, 0.717) is 17.8 Å². The van der Waals surface area contributed by atoms with E-state index in [9.17, 15) is 0 Å². The minimum Gasteiger partial charge on any atom is -0.492 e. The van der Waals surface area contributed by atoms with Crippen LogP contribution < -0.4 is 10.1 Å². The van der Waals surface area contributed by atoms with Crippen LogP contribution in [0.2, 0.25) is 5.15 Å². The monoisotopic (exact) mass is 406 g/mol. The number of methoxy groups -OCH3 is 1. The molecule has 3 aromatic rings. The smallest absolute Gasteiger partial charge is 0.137 e. The number of hydrogen-bond acceptors (Lipinski definition) is 4. The van der Waals surface area contributed by atoms with Gasteiger partial charge in [0.15, 0.2) is 0 Å². The van der Waals surface area contributed by atoms with Crippen LogP contribution in [0.3, 0.4) is 0 Å². The summed E-state index contributed by atoms with van der Waals surface area (Å²) in [6.07, 6.45) is 4.33. The number of rotatable bonds is 5. The Morgan fingerprint density at radius 3 is 2.93 bits per heavy atom. The van der Waals surface area contributed by atoms with Crippen molar-refractivity contribution in [3.8, 4) is 5.75 Å². The van der Waals surface area contributed by atoms with E-state index >= 15 is 0 Å². The van der Waals surface area contributed by atoms with Crippen LogP contribution in [-0.2, 0) is 11.2 Å². The molecule has 5 heteroatoms. The summed E-state index contributed by atoms with van der Waals surface area (Å²) in [5, 5.41) is 5.10. The third-order valence-electron chi connectivity index (χ3n) is 5.82. The third-order valence-corrected chi connectivity index (χ3v) is 6.11. The third kappa shape index (κ3) is 3.76.